The van der Waals surface area contributed by atoms with Crippen molar-refractivity contribution in [3.63, 3.8) is 0 Å². The van der Waals surface area contributed by atoms with Gasteiger partial charge < -0.3 is 4.74 Å². The van der Waals surface area contributed by atoms with Gasteiger partial charge in [-0.3, -0.25) is 4.79 Å². The molecule has 0 aromatic rings. The Bertz CT molecular complexity index is 177. The van der Waals surface area contributed by atoms with E-state index in [-0.39, 0.29) is 5.78 Å². The maximum Gasteiger partial charge on any atom is 0.164 e. The summed E-state index contributed by atoms with van der Waals surface area (Å²) >= 11 is 0. The van der Waals surface area contributed by atoms with Crippen molar-refractivity contribution >= 4 is 5.78 Å². The largest absolute Gasteiger partial charge is 0.371 e. The van der Waals surface area contributed by atoms with Crippen LogP contribution < -0.4 is 0 Å². The lowest BCUT2D eigenvalue weighted by Gasteiger charge is -2.26. The molecule has 0 aliphatic heterocycles. The van der Waals surface area contributed by atoms with Crippen molar-refractivity contribution in [2.75, 3.05) is 7.11 Å². The number of ether oxygens (including phenoxy) is 1. The summed E-state index contributed by atoms with van der Waals surface area (Å²) in [5.74, 6) is 0.223. The van der Waals surface area contributed by atoms with Gasteiger partial charge in [0, 0.05) is 13.5 Å². The summed E-state index contributed by atoms with van der Waals surface area (Å²) in [5, 5.41) is 0. The van der Waals surface area contributed by atoms with Gasteiger partial charge in [0.05, 0.1) is 0 Å². The standard InChI is InChI=1S/C13H26O2/c1-5-7-8-9-10-11-13(3,15-4)12(14)6-2/h5-11H2,1-4H3. The first kappa shape index (κ1) is 14.6. The van der Waals surface area contributed by atoms with Gasteiger partial charge in [-0.05, 0) is 13.3 Å². The van der Waals surface area contributed by atoms with Crippen molar-refractivity contribution < 1.29 is 9.53 Å². The summed E-state index contributed by atoms with van der Waals surface area (Å²) in [7, 11) is 1.64. The summed E-state index contributed by atoms with van der Waals surface area (Å²) in [5.41, 5.74) is -0.541. The SMILES string of the molecule is CCCCCCCC(C)(OC)C(=O)CC. The molecule has 1 atom stereocenters. The number of Topliss-reactive ketones (excluding diaryl/α,β-unsaturated/α-hetero) is 1. The van der Waals surface area contributed by atoms with E-state index in [4.69, 9.17) is 4.74 Å². The van der Waals surface area contributed by atoms with Crippen molar-refractivity contribution in [3.8, 4) is 0 Å². The number of hydrogen-bond donors (Lipinski definition) is 0. The molecule has 2 nitrogen and oxygen atoms in total. The van der Waals surface area contributed by atoms with Crippen LogP contribution in [0.5, 0.6) is 0 Å². The predicted octanol–water partition coefficient (Wildman–Crippen LogP) is 3.73. The highest BCUT2D eigenvalue weighted by molar-refractivity contribution is 5.86. The third-order valence-corrected chi connectivity index (χ3v) is 3.12. The van der Waals surface area contributed by atoms with E-state index in [0.717, 1.165) is 12.8 Å². The molecule has 0 amide bonds. The monoisotopic (exact) mass is 214 g/mol. The number of carbonyl (C=O) groups is 1. The molecule has 1 unspecified atom stereocenters. The molecule has 0 saturated carbocycles. The molecule has 2 heteroatoms. The number of ketones is 1. The van der Waals surface area contributed by atoms with Crippen LogP contribution in [0.25, 0.3) is 0 Å². The second kappa shape index (κ2) is 7.86. The lowest BCUT2D eigenvalue weighted by molar-refractivity contribution is -0.139. The maximum absolute atomic E-state index is 11.7. The Labute approximate surface area is 94.4 Å². The third kappa shape index (κ3) is 5.31. The van der Waals surface area contributed by atoms with Crippen LogP contribution in [-0.4, -0.2) is 18.5 Å². The first-order valence-electron chi connectivity index (χ1n) is 6.19. The normalized spacial score (nSPS) is 14.9. The highest BCUT2D eigenvalue weighted by Crippen LogP contribution is 2.21. The van der Waals surface area contributed by atoms with E-state index in [0.29, 0.717) is 6.42 Å². The van der Waals surface area contributed by atoms with Crippen LogP contribution in [0.15, 0.2) is 0 Å². The molecule has 0 rings (SSSR count). The zero-order valence-corrected chi connectivity index (χ0v) is 10.8. The fourth-order valence-corrected chi connectivity index (χ4v) is 1.80. The maximum atomic E-state index is 11.7. The molecule has 0 radical (unpaired) electrons. The lowest BCUT2D eigenvalue weighted by atomic mass is 9.91. The van der Waals surface area contributed by atoms with E-state index in [1.165, 1.54) is 25.7 Å². The molecule has 0 aromatic carbocycles. The Morgan fingerprint density at radius 2 is 1.73 bits per heavy atom. The highest BCUT2D eigenvalue weighted by atomic mass is 16.5. The van der Waals surface area contributed by atoms with Crippen molar-refractivity contribution in [2.45, 2.75) is 71.3 Å². The van der Waals surface area contributed by atoms with E-state index in [2.05, 4.69) is 6.92 Å². The van der Waals surface area contributed by atoms with Gasteiger partial charge in [0.2, 0.25) is 0 Å². The Morgan fingerprint density at radius 3 is 2.20 bits per heavy atom. The average molecular weight is 214 g/mol. The molecular formula is C13H26O2. The van der Waals surface area contributed by atoms with Gasteiger partial charge in [-0.25, -0.2) is 0 Å². The van der Waals surface area contributed by atoms with Crippen molar-refractivity contribution in [1.29, 1.82) is 0 Å². The molecule has 0 aliphatic rings. The first-order valence-corrected chi connectivity index (χ1v) is 6.19. The zero-order valence-electron chi connectivity index (χ0n) is 10.8. The van der Waals surface area contributed by atoms with Gasteiger partial charge in [0.15, 0.2) is 5.78 Å². The zero-order chi connectivity index (χ0) is 11.7. The second-order valence-electron chi connectivity index (χ2n) is 4.38. The van der Waals surface area contributed by atoms with Crippen LogP contribution in [0.4, 0.5) is 0 Å². The van der Waals surface area contributed by atoms with Crippen LogP contribution in [0.3, 0.4) is 0 Å². The number of unbranched alkanes of at least 4 members (excludes halogenated alkanes) is 4. The fourth-order valence-electron chi connectivity index (χ4n) is 1.80. The van der Waals surface area contributed by atoms with Gasteiger partial charge in [-0.15, -0.1) is 0 Å². The van der Waals surface area contributed by atoms with Crippen LogP contribution in [0.1, 0.15) is 65.7 Å². The summed E-state index contributed by atoms with van der Waals surface area (Å²) in [6, 6.07) is 0. The van der Waals surface area contributed by atoms with E-state index in [9.17, 15) is 4.79 Å². The van der Waals surface area contributed by atoms with Crippen LogP contribution in [0, 0.1) is 0 Å². The van der Waals surface area contributed by atoms with Crippen LogP contribution >= 0.6 is 0 Å². The highest BCUT2D eigenvalue weighted by Gasteiger charge is 2.30. The van der Waals surface area contributed by atoms with Gasteiger partial charge >= 0.3 is 0 Å². The summed E-state index contributed by atoms with van der Waals surface area (Å²) < 4.78 is 5.35. The molecular weight excluding hydrogens is 188 g/mol. The minimum absolute atomic E-state index is 0.223. The van der Waals surface area contributed by atoms with Crippen LogP contribution in [-0.2, 0) is 9.53 Å². The third-order valence-electron chi connectivity index (χ3n) is 3.12. The minimum atomic E-state index is -0.541. The van der Waals surface area contributed by atoms with E-state index in [1.54, 1.807) is 7.11 Å². The molecule has 0 spiro atoms. The number of methoxy groups -OCH3 is 1. The summed E-state index contributed by atoms with van der Waals surface area (Å²) in [6.45, 7) is 6.02. The van der Waals surface area contributed by atoms with Crippen molar-refractivity contribution in [1.82, 2.24) is 0 Å². The Balaban J connectivity index is 3.83. The first-order chi connectivity index (χ1) is 7.10. The molecule has 15 heavy (non-hydrogen) atoms. The molecule has 0 aromatic heterocycles. The predicted molar refractivity (Wildman–Crippen MR) is 64.1 cm³/mol. The van der Waals surface area contributed by atoms with Gasteiger partial charge in [-0.2, -0.15) is 0 Å². The van der Waals surface area contributed by atoms with Crippen molar-refractivity contribution in [2.24, 2.45) is 0 Å². The van der Waals surface area contributed by atoms with E-state index < -0.39 is 5.60 Å². The molecule has 0 aliphatic carbocycles. The summed E-state index contributed by atoms with van der Waals surface area (Å²) in [4.78, 5) is 11.7. The Morgan fingerprint density at radius 1 is 1.13 bits per heavy atom. The minimum Gasteiger partial charge on any atom is -0.371 e. The molecule has 0 bridgehead atoms. The quantitative estimate of drug-likeness (QED) is 0.547. The molecule has 0 N–H and O–H groups in total. The van der Waals surface area contributed by atoms with Gasteiger partial charge in [0.1, 0.15) is 5.60 Å². The van der Waals surface area contributed by atoms with Gasteiger partial charge in [-0.1, -0.05) is 46.0 Å². The second-order valence-corrected chi connectivity index (χ2v) is 4.38. The van der Waals surface area contributed by atoms with Crippen LogP contribution in [0.2, 0.25) is 0 Å². The Kier molecular flexibility index (Phi) is 7.67. The lowest BCUT2D eigenvalue weighted by Crippen LogP contribution is -2.36. The molecule has 0 heterocycles. The topological polar surface area (TPSA) is 26.3 Å². The van der Waals surface area contributed by atoms with E-state index >= 15 is 0 Å². The number of carbonyl (C=O) groups excluding carboxylic acids is 1. The number of hydrogen-bond acceptors (Lipinski definition) is 2. The van der Waals surface area contributed by atoms with Crippen molar-refractivity contribution in [3.05, 3.63) is 0 Å². The van der Waals surface area contributed by atoms with Gasteiger partial charge in [0.25, 0.3) is 0 Å². The Hall–Kier alpha value is -0.370. The van der Waals surface area contributed by atoms with E-state index in [1.807, 2.05) is 13.8 Å². The smallest absolute Gasteiger partial charge is 0.164 e. The average Bonchev–Trinajstić information content (AvgIpc) is 2.27. The fraction of sp³-hybridized carbons (Fsp3) is 0.923. The molecule has 90 valence electrons. The molecule has 0 fully saturated rings. The number of rotatable bonds is 9. The molecule has 0 saturated heterocycles. The summed E-state index contributed by atoms with van der Waals surface area (Å²) in [6.07, 6.45) is 7.57.